The lowest BCUT2D eigenvalue weighted by molar-refractivity contribution is -0.114. The van der Waals surface area contributed by atoms with Gasteiger partial charge in [-0.15, -0.1) is 0 Å². The first-order chi connectivity index (χ1) is 6.16. The second kappa shape index (κ2) is 2.99. The molecule has 0 N–H and O–H groups in total. The molecular formula is C12H14O. The Kier molecular flexibility index (Phi) is 1.95. The number of fused-ring (bicyclic) bond motifs is 1. The Morgan fingerprint density at radius 1 is 1.31 bits per heavy atom. The average Bonchev–Trinajstić information content (AvgIpc) is 2.02. The third-order valence-electron chi connectivity index (χ3n) is 2.85. The average molecular weight is 174 g/mol. The second-order valence-electron chi connectivity index (χ2n) is 3.99. The van der Waals surface area contributed by atoms with E-state index in [1.54, 1.807) is 6.08 Å². The molecule has 0 aromatic carbocycles. The molecule has 0 heterocycles. The lowest BCUT2D eigenvalue weighted by Crippen LogP contribution is -2.17. The van der Waals surface area contributed by atoms with Crippen molar-refractivity contribution in [2.24, 2.45) is 5.92 Å². The Morgan fingerprint density at radius 3 is 2.85 bits per heavy atom. The number of carbonyl (C=O) groups excluding carboxylic acids is 1. The van der Waals surface area contributed by atoms with Crippen LogP contribution in [0.2, 0.25) is 0 Å². The van der Waals surface area contributed by atoms with Crippen LogP contribution in [0.4, 0.5) is 0 Å². The molecule has 2 rings (SSSR count). The normalized spacial score (nSPS) is 27.4. The van der Waals surface area contributed by atoms with Crippen LogP contribution in [0.15, 0.2) is 34.9 Å². The highest BCUT2D eigenvalue weighted by molar-refractivity contribution is 5.94. The molecule has 0 spiro atoms. The van der Waals surface area contributed by atoms with Crippen molar-refractivity contribution >= 4 is 5.78 Å². The highest BCUT2D eigenvalue weighted by Gasteiger charge is 2.24. The molecule has 0 radical (unpaired) electrons. The van der Waals surface area contributed by atoms with Gasteiger partial charge in [0.1, 0.15) is 0 Å². The molecule has 0 aromatic heterocycles. The van der Waals surface area contributed by atoms with Crippen LogP contribution in [0.25, 0.3) is 0 Å². The summed E-state index contributed by atoms with van der Waals surface area (Å²) in [5, 5.41) is 0. The number of hydrogen-bond donors (Lipinski definition) is 0. The number of ketones is 1. The van der Waals surface area contributed by atoms with E-state index in [-0.39, 0.29) is 5.78 Å². The first-order valence-electron chi connectivity index (χ1n) is 4.75. The maximum Gasteiger partial charge on any atom is 0.159 e. The van der Waals surface area contributed by atoms with E-state index in [0.717, 1.165) is 6.42 Å². The molecule has 2 aliphatic rings. The molecule has 1 atom stereocenters. The summed E-state index contributed by atoms with van der Waals surface area (Å²) >= 11 is 0. The maximum atomic E-state index is 11.3. The number of carbonyl (C=O) groups is 1. The van der Waals surface area contributed by atoms with Crippen molar-refractivity contribution in [2.75, 3.05) is 0 Å². The third-order valence-corrected chi connectivity index (χ3v) is 2.85. The summed E-state index contributed by atoms with van der Waals surface area (Å²) in [6.45, 7) is 4.16. The predicted molar refractivity (Wildman–Crippen MR) is 53.3 cm³/mol. The molecular weight excluding hydrogens is 160 g/mol. The van der Waals surface area contributed by atoms with Crippen LogP contribution in [-0.4, -0.2) is 5.78 Å². The second-order valence-corrected chi connectivity index (χ2v) is 3.99. The summed E-state index contributed by atoms with van der Waals surface area (Å²) in [4.78, 5) is 11.3. The minimum atomic E-state index is 0.259. The first-order valence-corrected chi connectivity index (χ1v) is 4.75. The predicted octanol–water partition coefficient (Wildman–Crippen LogP) is 2.80. The van der Waals surface area contributed by atoms with Crippen LogP contribution in [0.3, 0.4) is 0 Å². The van der Waals surface area contributed by atoms with Gasteiger partial charge in [0.2, 0.25) is 0 Å². The molecule has 0 saturated heterocycles. The van der Waals surface area contributed by atoms with Gasteiger partial charge in [-0.3, -0.25) is 4.79 Å². The van der Waals surface area contributed by atoms with Gasteiger partial charge in [0.05, 0.1) is 0 Å². The smallest absolute Gasteiger partial charge is 0.159 e. The van der Waals surface area contributed by atoms with Gasteiger partial charge < -0.3 is 0 Å². The van der Waals surface area contributed by atoms with E-state index in [9.17, 15) is 4.79 Å². The van der Waals surface area contributed by atoms with E-state index in [1.165, 1.54) is 16.7 Å². The van der Waals surface area contributed by atoms with E-state index in [2.05, 4.69) is 26.0 Å². The molecule has 1 heteroatoms. The van der Waals surface area contributed by atoms with E-state index < -0.39 is 0 Å². The van der Waals surface area contributed by atoms with Crippen LogP contribution >= 0.6 is 0 Å². The summed E-state index contributed by atoms with van der Waals surface area (Å²) in [7, 11) is 0. The zero-order valence-corrected chi connectivity index (χ0v) is 8.13. The zero-order chi connectivity index (χ0) is 9.42. The highest BCUT2D eigenvalue weighted by atomic mass is 16.1. The van der Waals surface area contributed by atoms with Crippen molar-refractivity contribution in [1.82, 2.24) is 0 Å². The van der Waals surface area contributed by atoms with Crippen LogP contribution < -0.4 is 0 Å². The standard InChI is InChI=1S/C12H14O/c1-8-3-4-12-9(2)6-11(13)7-10(12)5-8/h3,5-6,12H,4,7H2,1-2H3. The largest absolute Gasteiger partial charge is 0.295 e. The molecule has 13 heavy (non-hydrogen) atoms. The molecule has 68 valence electrons. The van der Waals surface area contributed by atoms with Gasteiger partial charge in [-0.1, -0.05) is 28.9 Å². The van der Waals surface area contributed by atoms with Crippen LogP contribution in [0.1, 0.15) is 26.7 Å². The van der Waals surface area contributed by atoms with Crippen molar-refractivity contribution in [3.63, 3.8) is 0 Å². The minimum absolute atomic E-state index is 0.259. The molecule has 0 aromatic rings. The summed E-state index contributed by atoms with van der Waals surface area (Å²) in [6, 6.07) is 0. The van der Waals surface area contributed by atoms with Gasteiger partial charge in [0.15, 0.2) is 5.78 Å². The molecule has 0 fully saturated rings. The van der Waals surface area contributed by atoms with Gasteiger partial charge in [-0.2, -0.15) is 0 Å². The monoisotopic (exact) mass is 174 g/mol. The Balaban J connectivity index is 2.37. The summed E-state index contributed by atoms with van der Waals surface area (Å²) in [5.74, 6) is 0.774. The fourth-order valence-electron chi connectivity index (χ4n) is 2.17. The fraction of sp³-hybridized carbons (Fsp3) is 0.417. The van der Waals surface area contributed by atoms with Crippen LogP contribution in [-0.2, 0) is 4.79 Å². The van der Waals surface area contributed by atoms with E-state index in [0.29, 0.717) is 12.3 Å². The van der Waals surface area contributed by atoms with Crippen molar-refractivity contribution in [3.8, 4) is 0 Å². The molecule has 2 aliphatic carbocycles. The molecule has 0 amide bonds. The zero-order valence-electron chi connectivity index (χ0n) is 8.13. The minimum Gasteiger partial charge on any atom is -0.295 e. The van der Waals surface area contributed by atoms with Crippen molar-refractivity contribution in [2.45, 2.75) is 26.7 Å². The SMILES string of the molecule is CC1=CCC2C(C)=CC(=O)CC2=C1. The van der Waals surface area contributed by atoms with Gasteiger partial charge in [0.25, 0.3) is 0 Å². The number of rotatable bonds is 0. The van der Waals surface area contributed by atoms with Gasteiger partial charge >= 0.3 is 0 Å². The lowest BCUT2D eigenvalue weighted by atomic mass is 9.78. The molecule has 1 nitrogen and oxygen atoms in total. The van der Waals surface area contributed by atoms with Gasteiger partial charge in [-0.05, 0) is 26.3 Å². The lowest BCUT2D eigenvalue weighted by Gasteiger charge is -2.26. The van der Waals surface area contributed by atoms with Crippen molar-refractivity contribution < 1.29 is 4.79 Å². The number of hydrogen-bond acceptors (Lipinski definition) is 1. The Hall–Kier alpha value is -1.11. The Morgan fingerprint density at radius 2 is 2.08 bits per heavy atom. The summed E-state index contributed by atoms with van der Waals surface area (Å²) < 4.78 is 0. The Labute approximate surface area is 78.8 Å². The Bertz CT molecular complexity index is 342. The first kappa shape index (κ1) is 8.49. The highest BCUT2D eigenvalue weighted by Crippen LogP contribution is 2.35. The maximum absolute atomic E-state index is 11.3. The summed E-state index contributed by atoms with van der Waals surface area (Å²) in [5.41, 5.74) is 3.84. The van der Waals surface area contributed by atoms with E-state index in [4.69, 9.17) is 0 Å². The quantitative estimate of drug-likeness (QED) is 0.552. The van der Waals surface area contributed by atoms with Crippen molar-refractivity contribution in [1.29, 1.82) is 0 Å². The van der Waals surface area contributed by atoms with Crippen LogP contribution in [0.5, 0.6) is 0 Å². The third kappa shape index (κ3) is 1.51. The van der Waals surface area contributed by atoms with Crippen molar-refractivity contribution in [3.05, 3.63) is 34.9 Å². The molecule has 1 unspecified atom stereocenters. The summed E-state index contributed by atoms with van der Waals surface area (Å²) in [6.07, 6.45) is 7.93. The topological polar surface area (TPSA) is 17.1 Å². The van der Waals surface area contributed by atoms with Crippen LogP contribution in [0, 0.1) is 5.92 Å². The molecule has 0 bridgehead atoms. The number of allylic oxidation sites excluding steroid dienone is 6. The molecule has 0 aliphatic heterocycles. The fourth-order valence-corrected chi connectivity index (χ4v) is 2.17. The van der Waals surface area contributed by atoms with Gasteiger partial charge in [0, 0.05) is 12.3 Å². The van der Waals surface area contributed by atoms with Gasteiger partial charge in [-0.25, -0.2) is 0 Å². The molecule has 0 saturated carbocycles. The van der Waals surface area contributed by atoms with E-state index >= 15 is 0 Å². The van der Waals surface area contributed by atoms with E-state index in [1.807, 2.05) is 0 Å².